The van der Waals surface area contributed by atoms with E-state index < -0.39 is 0 Å². The molecule has 0 fully saturated rings. The van der Waals surface area contributed by atoms with E-state index in [-0.39, 0.29) is 0 Å². The average Bonchev–Trinajstić information content (AvgIpc) is 2.88. The molecule has 1 N–H and O–H groups in total. The summed E-state index contributed by atoms with van der Waals surface area (Å²) in [5.41, 5.74) is 0.999. The van der Waals surface area contributed by atoms with Crippen molar-refractivity contribution in [1.29, 1.82) is 0 Å². The number of furan rings is 1. The van der Waals surface area contributed by atoms with Crippen LogP contribution in [-0.2, 0) is 6.42 Å². The summed E-state index contributed by atoms with van der Waals surface area (Å²) in [6.45, 7) is 5.38. The van der Waals surface area contributed by atoms with Crippen LogP contribution in [-0.4, -0.2) is 12.6 Å². The number of hydrogen-bond donors (Lipinski definition) is 1. The summed E-state index contributed by atoms with van der Waals surface area (Å²) in [5.74, 6) is 1.85. The van der Waals surface area contributed by atoms with Gasteiger partial charge in [-0.15, -0.1) is 0 Å². The summed E-state index contributed by atoms with van der Waals surface area (Å²) in [6.07, 6.45) is 2.04. The number of hydrogen-bond acceptors (Lipinski definition) is 2. The molecule has 1 aromatic heterocycles. The van der Waals surface area contributed by atoms with Crippen LogP contribution in [0.4, 0.5) is 0 Å². The normalized spacial score (nSPS) is 12.6. The van der Waals surface area contributed by atoms with Crippen molar-refractivity contribution in [2.24, 2.45) is 0 Å². The number of benzene rings is 1. The Morgan fingerprint density at radius 3 is 2.80 bits per heavy atom. The van der Waals surface area contributed by atoms with Gasteiger partial charge in [-0.1, -0.05) is 24.6 Å². The minimum Gasteiger partial charge on any atom is -0.461 e. The van der Waals surface area contributed by atoms with E-state index in [1.54, 1.807) is 0 Å². The second-order valence-corrected chi connectivity index (χ2v) is 6.22. The van der Waals surface area contributed by atoms with Gasteiger partial charge in [0.1, 0.15) is 11.5 Å². The van der Waals surface area contributed by atoms with E-state index in [0.29, 0.717) is 11.1 Å². The van der Waals surface area contributed by atoms with E-state index in [0.717, 1.165) is 40.9 Å². The lowest BCUT2D eigenvalue weighted by Crippen LogP contribution is -2.28. The first-order chi connectivity index (χ1) is 9.60. The molecule has 108 valence electrons. The van der Waals surface area contributed by atoms with Gasteiger partial charge >= 0.3 is 0 Å². The van der Waals surface area contributed by atoms with Gasteiger partial charge < -0.3 is 9.73 Å². The summed E-state index contributed by atoms with van der Waals surface area (Å²) >= 11 is 9.51. The lowest BCUT2D eigenvalue weighted by molar-refractivity contribution is 0.464. The van der Waals surface area contributed by atoms with Crippen LogP contribution in [0.1, 0.15) is 26.0 Å². The molecule has 1 atom stereocenters. The van der Waals surface area contributed by atoms with Crippen LogP contribution in [0.15, 0.2) is 39.2 Å². The van der Waals surface area contributed by atoms with Crippen LogP contribution < -0.4 is 5.32 Å². The van der Waals surface area contributed by atoms with E-state index in [4.69, 9.17) is 16.0 Å². The quantitative estimate of drug-likeness (QED) is 0.760. The SMILES string of the molecule is CCCNC(C)Cc1ccc(-c2ccc(Br)c(Cl)c2)o1. The van der Waals surface area contributed by atoms with Crippen molar-refractivity contribution in [3.63, 3.8) is 0 Å². The molecule has 20 heavy (non-hydrogen) atoms. The molecule has 0 amide bonds. The predicted octanol–water partition coefficient (Wildman–Crippen LogP) is 5.29. The van der Waals surface area contributed by atoms with Gasteiger partial charge in [-0.3, -0.25) is 0 Å². The largest absolute Gasteiger partial charge is 0.461 e. The molecular weight excluding hydrogens is 338 g/mol. The van der Waals surface area contributed by atoms with Crippen LogP contribution in [0.5, 0.6) is 0 Å². The van der Waals surface area contributed by atoms with E-state index in [1.165, 1.54) is 0 Å². The maximum atomic E-state index is 6.11. The van der Waals surface area contributed by atoms with Gasteiger partial charge in [-0.2, -0.15) is 0 Å². The maximum absolute atomic E-state index is 6.11. The molecule has 2 aromatic rings. The minimum absolute atomic E-state index is 0.419. The highest BCUT2D eigenvalue weighted by Gasteiger charge is 2.09. The number of halogens is 2. The van der Waals surface area contributed by atoms with Crippen LogP contribution in [0.2, 0.25) is 5.02 Å². The highest BCUT2D eigenvalue weighted by atomic mass is 79.9. The standard InChI is InChI=1S/C16H19BrClNO/c1-3-8-19-11(2)9-13-5-7-16(20-13)12-4-6-14(17)15(18)10-12/h4-7,10-11,19H,3,8-9H2,1-2H3. The van der Waals surface area contributed by atoms with E-state index >= 15 is 0 Å². The topological polar surface area (TPSA) is 25.2 Å². The van der Waals surface area contributed by atoms with Crippen molar-refractivity contribution in [3.8, 4) is 11.3 Å². The maximum Gasteiger partial charge on any atom is 0.134 e. The van der Waals surface area contributed by atoms with Gasteiger partial charge in [-0.25, -0.2) is 0 Å². The van der Waals surface area contributed by atoms with Crippen molar-refractivity contribution in [3.05, 3.63) is 45.6 Å². The van der Waals surface area contributed by atoms with Crippen molar-refractivity contribution in [1.82, 2.24) is 5.32 Å². The summed E-state index contributed by atoms with van der Waals surface area (Å²) in [4.78, 5) is 0. The lowest BCUT2D eigenvalue weighted by Gasteiger charge is -2.10. The highest BCUT2D eigenvalue weighted by Crippen LogP contribution is 2.30. The summed E-state index contributed by atoms with van der Waals surface area (Å²) in [6, 6.07) is 10.3. The van der Waals surface area contributed by atoms with Gasteiger partial charge in [0.2, 0.25) is 0 Å². The van der Waals surface area contributed by atoms with Gasteiger partial charge in [0.05, 0.1) is 5.02 Å². The number of rotatable bonds is 6. The van der Waals surface area contributed by atoms with Crippen LogP contribution in [0.3, 0.4) is 0 Å². The van der Waals surface area contributed by atoms with Gasteiger partial charge in [0.15, 0.2) is 0 Å². The first-order valence-electron chi connectivity index (χ1n) is 6.87. The Morgan fingerprint density at radius 1 is 1.30 bits per heavy atom. The van der Waals surface area contributed by atoms with E-state index in [1.807, 2.05) is 30.3 Å². The molecule has 0 aliphatic heterocycles. The lowest BCUT2D eigenvalue weighted by atomic mass is 10.2. The Bertz CT molecular complexity index is 567. The molecule has 1 aromatic carbocycles. The molecule has 1 unspecified atom stereocenters. The average molecular weight is 357 g/mol. The van der Waals surface area contributed by atoms with Crippen molar-refractivity contribution in [2.75, 3.05) is 6.54 Å². The fourth-order valence-corrected chi connectivity index (χ4v) is 2.48. The van der Waals surface area contributed by atoms with Crippen LogP contribution >= 0.6 is 27.5 Å². The third-order valence-corrected chi connectivity index (χ3v) is 4.35. The molecule has 1 heterocycles. The molecule has 0 aliphatic carbocycles. The zero-order valence-electron chi connectivity index (χ0n) is 11.7. The summed E-state index contributed by atoms with van der Waals surface area (Å²) in [5, 5.41) is 4.15. The molecule has 0 saturated heterocycles. The molecule has 0 aliphatic rings. The fraction of sp³-hybridized carbons (Fsp3) is 0.375. The van der Waals surface area contributed by atoms with Crippen molar-refractivity contribution in [2.45, 2.75) is 32.7 Å². The fourth-order valence-electron chi connectivity index (χ4n) is 2.06. The third-order valence-electron chi connectivity index (χ3n) is 3.12. The van der Waals surface area contributed by atoms with E-state index in [2.05, 4.69) is 35.1 Å². The number of nitrogens with one attached hydrogen (secondary N) is 1. The van der Waals surface area contributed by atoms with Gasteiger partial charge in [0, 0.05) is 22.5 Å². The second kappa shape index (κ2) is 7.30. The molecule has 2 nitrogen and oxygen atoms in total. The molecule has 0 saturated carbocycles. The highest BCUT2D eigenvalue weighted by molar-refractivity contribution is 9.10. The van der Waals surface area contributed by atoms with Crippen molar-refractivity contribution < 1.29 is 4.42 Å². The zero-order chi connectivity index (χ0) is 14.5. The summed E-state index contributed by atoms with van der Waals surface area (Å²) in [7, 11) is 0. The second-order valence-electron chi connectivity index (χ2n) is 4.95. The molecule has 2 rings (SSSR count). The molecular formula is C16H19BrClNO. The van der Waals surface area contributed by atoms with Gasteiger partial charge in [0.25, 0.3) is 0 Å². The Kier molecular flexibility index (Phi) is 5.70. The summed E-state index contributed by atoms with van der Waals surface area (Å²) < 4.78 is 6.80. The first-order valence-corrected chi connectivity index (χ1v) is 8.04. The molecule has 0 bridgehead atoms. The molecule has 0 spiro atoms. The third kappa shape index (κ3) is 4.11. The smallest absolute Gasteiger partial charge is 0.134 e. The van der Waals surface area contributed by atoms with Gasteiger partial charge in [-0.05, 0) is 60.1 Å². The Balaban J connectivity index is 2.06. The predicted molar refractivity (Wildman–Crippen MR) is 88.3 cm³/mol. The Hall–Kier alpha value is -0.770. The molecule has 0 radical (unpaired) electrons. The van der Waals surface area contributed by atoms with Crippen LogP contribution in [0, 0.1) is 0 Å². The van der Waals surface area contributed by atoms with Crippen molar-refractivity contribution >= 4 is 27.5 Å². The Morgan fingerprint density at radius 2 is 2.10 bits per heavy atom. The van der Waals surface area contributed by atoms with E-state index in [9.17, 15) is 0 Å². The van der Waals surface area contributed by atoms with Crippen LogP contribution in [0.25, 0.3) is 11.3 Å². The zero-order valence-corrected chi connectivity index (χ0v) is 14.1. The minimum atomic E-state index is 0.419. The monoisotopic (exact) mass is 355 g/mol. The first kappa shape index (κ1) is 15.6. The molecule has 4 heteroatoms. The Labute approximate surface area is 133 Å².